The molecular weight excluding hydrogens is 298 g/mol. The molecule has 0 saturated carbocycles. The van der Waals surface area contributed by atoms with Crippen molar-refractivity contribution in [3.05, 3.63) is 35.4 Å². The Bertz CT molecular complexity index is 407. The molecule has 5 heteroatoms. The first-order chi connectivity index (χ1) is 8.74. The number of amides is 1. The summed E-state index contributed by atoms with van der Waals surface area (Å²) in [5.74, 6) is -0.00197. The third kappa shape index (κ3) is 3.10. The molecular formula is C13H16BrNO3. The first kappa shape index (κ1) is 13.5. The fourth-order valence-corrected chi connectivity index (χ4v) is 2.31. The second kappa shape index (κ2) is 6.31. The van der Waals surface area contributed by atoms with Crippen molar-refractivity contribution in [1.29, 1.82) is 0 Å². The fraction of sp³-hybridized carbons (Fsp3) is 0.462. The van der Waals surface area contributed by atoms with Crippen molar-refractivity contribution in [2.24, 2.45) is 0 Å². The number of halogens is 1. The average Bonchev–Trinajstić information content (AvgIpc) is 2.46. The predicted molar refractivity (Wildman–Crippen MR) is 71.8 cm³/mol. The number of carbonyl (C=O) groups is 1. The molecule has 0 aliphatic carbocycles. The summed E-state index contributed by atoms with van der Waals surface area (Å²) in [6, 6.07) is 7.54. The second-order valence-corrected chi connectivity index (χ2v) is 4.82. The zero-order valence-corrected chi connectivity index (χ0v) is 11.6. The topological polar surface area (TPSA) is 49.8 Å². The molecule has 0 spiro atoms. The molecule has 2 rings (SSSR count). The summed E-state index contributed by atoms with van der Waals surface area (Å²) >= 11 is 3.37. The van der Waals surface area contributed by atoms with Gasteiger partial charge in [-0.3, -0.25) is 4.79 Å². The summed E-state index contributed by atoms with van der Waals surface area (Å²) < 4.78 is 5.33. The van der Waals surface area contributed by atoms with E-state index in [1.165, 1.54) is 0 Å². The third-order valence-electron chi connectivity index (χ3n) is 2.98. The van der Waals surface area contributed by atoms with Gasteiger partial charge in [0.15, 0.2) is 0 Å². The summed E-state index contributed by atoms with van der Waals surface area (Å²) in [5, 5.41) is 9.84. The van der Waals surface area contributed by atoms with Crippen LogP contribution in [0.25, 0.3) is 0 Å². The minimum absolute atomic E-state index is 0.00197. The van der Waals surface area contributed by atoms with Gasteiger partial charge in [0.25, 0.3) is 5.91 Å². The number of ether oxygens (including phenoxy) is 1. The van der Waals surface area contributed by atoms with Gasteiger partial charge in [-0.15, -0.1) is 0 Å². The van der Waals surface area contributed by atoms with Crippen molar-refractivity contribution in [3.63, 3.8) is 0 Å². The lowest BCUT2D eigenvalue weighted by atomic mass is 10.1. The monoisotopic (exact) mass is 313 g/mol. The summed E-state index contributed by atoms with van der Waals surface area (Å²) in [6.45, 7) is 1.47. The Kier molecular flexibility index (Phi) is 4.74. The zero-order chi connectivity index (χ0) is 13.0. The average molecular weight is 314 g/mol. The number of hydrogen-bond acceptors (Lipinski definition) is 3. The fourth-order valence-electron chi connectivity index (χ4n) is 1.93. The van der Waals surface area contributed by atoms with Gasteiger partial charge in [-0.25, -0.2) is 0 Å². The molecule has 0 bridgehead atoms. The molecule has 98 valence electrons. The van der Waals surface area contributed by atoms with Crippen LogP contribution < -0.4 is 0 Å². The maximum Gasteiger partial charge on any atom is 0.254 e. The third-order valence-corrected chi connectivity index (χ3v) is 3.63. The first-order valence-electron chi connectivity index (χ1n) is 5.91. The molecule has 18 heavy (non-hydrogen) atoms. The van der Waals surface area contributed by atoms with E-state index in [9.17, 15) is 4.79 Å². The van der Waals surface area contributed by atoms with E-state index >= 15 is 0 Å². The van der Waals surface area contributed by atoms with E-state index in [0.717, 1.165) is 10.9 Å². The van der Waals surface area contributed by atoms with Crippen molar-refractivity contribution >= 4 is 21.8 Å². The van der Waals surface area contributed by atoms with E-state index < -0.39 is 0 Å². The summed E-state index contributed by atoms with van der Waals surface area (Å²) in [4.78, 5) is 14.0. The van der Waals surface area contributed by atoms with Gasteiger partial charge in [-0.2, -0.15) is 0 Å². The highest BCUT2D eigenvalue weighted by atomic mass is 79.9. The molecule has 1 aliphatic heterocycles. The second-order valence-electron chi connectivity index (χ2n) is 4.26. The van der Waals surface area contributed by atoms with Crippen LogP contribution in [0.1, 0.15) is 15.9 Å². The van der Waals surface area contributed by atoms with Crippen LogP contribution in [0.4, 0.5) is 0 Å². The van der Waals surface area contributed by atoms with Crippen LogP contribution in [-0.4, -0.2) is 48.3 Å². The molecule has 1 heterocycles. The lowest BCUT2D eigenvalue weighted by molar-refractivity contribution is -0.0447. The van der Waals surface area contributed by atoms with Crippen molar-refractivity contribution in [2.45, 2.75) is 11.4 Å². The van der Waals surface area contributed by atoms with Gasteiger partial charge < -0.3 is 14.7 Å². The van der Waals surface area contributed by atoms with Crippen molar-refractivity contribution in [3.8, 4) is 0 Å². The zero-order valence-electron chi connectivity index (χ0n) is 10.0. The molecule has 1 unspecified atom stereocenters. The maximum atomic E-state index is 12.2. The summed E-state index contributed by atoms with van der Waals surface area (Å²) in [6.07, 6.45) is -0.260. The molecule has 1 aromatic rings. The van der Waals surface area contributed by atoms with Crippen LogP contribution in [-0.2, 0) is 10.1 Å². The SMILES string of the molecule is O=C(c1ccc(CBr)cc1)N1CCOC(CO)C1. The Labute approximate surface area is 115 Å². The molecule has 1 aromatic carbocycles. The minimum atomic E-state index is -0.260. The highest BCUT2D eigenvalue weighted by molar-refractivity contribution is 9.08. The highest BCUT2D eigenvalue weighted by Crippen LogP contribution is 2.13. The molecule has 0 aromatic heterocycles. The van der Waals surface area contributed by atoms with Gasteiger partial charge in [0.05, 0.1) is 19.3 Å². The number of alkyl halides is 1. The molecule has 0 radical (unpaired) electrons. The standard InChI is InChI=1S/C13H16BrNO3/c14-7-10-1-3-11(4-2-10)13(17)15-5-6-18-12(8-15)9-16/h1-4,12,16H,5-9H2. The molecule has 1 amide bonds. The number of hydrogen-bond donors (Lipinski definition) is 1. The lowest BCUT2D eigenvalue weighted by Crippen LogP contribution is -2.46. The van der Waals surface area contributed by atoms with E-state index in [0.29, 0.717) is 25.3 Å². The van der Waals surface area contributed by atoms with E-state index in [1.807, 2.05) is 24.3 Å². The van der Waals surface area contributed by atoms with Crippen LogP contribution in [0, 0.1) is 0 Å². The molecule has 1 atom stereocenters. The largest absolute Gasteiger partial charge is 0.394 e. The quantitative estimate of drug-likeness (QED) is 0.859. The van der Waals surface area contributed by atoms with Crippen molar-refractivity contribution in [1.82, 2.24) is 4.90 Å². The van der Waals surface area contributed by atoms with Gasteiger partial charge in [-0.1, -0.05) is 28.1 Å². The normalized spacial score (nSPS) is 19.9. The van der Waals surface area contributed by atoms with E-state index in [-0.39, 0.29) is 18.6 Å². The highest BCUT2D eigenvalue weighted by Gasteiger charge is 2.24. The van der Waals surface area contributed by atoms with Gasteiger partial charge in [0, 0.05) is 24.0 Å². The van der Waals surface area contributed by atoms with Crippen molar-refractivity contribution < 1.29 is 14.6 Å². The molecule has 1 fully saturated rings. The van der Waals surface area contributed by atoms with E-state index in [1.54, 1.807) is 4.90 Å². The minimum Gasteiger partial charge on any atom is -0.394 e. The van der Waals surface area contributed by atoms with Crippen molar-refractivity contribution in [2.75, 3.05) is 26.3 Å². The van der Waals surface area contributed by atoms with Gasteiger partial charge in [0.2, 0.25) is 0 Å². The van der Waals surface area contributed by atoms with Crippen LogP contribution in [0.2, 0.25) is 0 Å². The Morgan fingerprint density at radius 1 is 1.44 bits per heavy atom. The summed E-state index contributed by atoms with van der Waals surface area (Å²) in [7, 11) is 0. The summed E-state index contributed by atoms with van der Waals surface area (Å²) in [5.41, 5.74) is 1.82. The van der Waals surface area contributed by atoms with E-state index in [2.05, 4.69) is 15.9 Å². The van der Waals surface area contributed by atoms with E-state index in [4.69, 9.17) is 9.84 Å². The Morgan fingerprint density at radius 3 is 2.78 bits per heavy atom. The van der Waals surface area contributed by atoms with Gasteiger partial charge >= 0.3 is 0 Å². The number of aliphatic hydroxyl groups is 1. The van der Waals surface area contributed by atoms with Crippen LogP contribution in [0.15, 0.2) is 24.3 Å². The molecule has 4 nitrogen and oxygen atoms in total. The number of nitrogens with zero attached hydrogens (tertiary/aromatic N) is 1. The number of aliphatic hydroxyl groups excluding tert-OH is 1. The van der Waals surface area contributed by atoms with Gasteiger partial charge in [-0.05, 0) is 17.7 Å². The predicted octanol–water partition coefficient (Wildman–Crippen LogP) is 1.41. The number of morpholine rings is 1. The Hall–Kier alpha value is -0.910. The van der Waals surface area contributed by atoms with Gasteiger partial charge in [0.1, 0.15) is 0 Å². The lowest BCUT2D eigenvalue weighted by Gasteiger charge is -2.32. The number of carbonyl (C=O) groups excluding carboxylic acids is 1. The molecule has 1 N–H and O–H groups in total. The molecule has 1 aliphatic rings. The molecule has 1 saturated heterocycles. The smallest absolute Gasteiger partial charge is 0.254 e. The first-order valence-corrected chi connectivity index (χ1v) is 7.03. The number of benzene rings is 1. The Balaban J connectivity index is 2.05. The maximum absolute atomic E-state index is 12.2. The number of rotatable bonds is 3. The van der Waals surface area contributed by atoms with Crippen LogP contribution in [0.3, 0.4) is 0 Å². The Morgan fingerprint density at radius 2 is 2.17 bits per heavy atom. The van der Waals surface area contributed by atoms with Crippen LogP contribution in [0.5, 0.6) is 0 Å². The van der Waals surface area contributed by atoms with Crippen LogP contribution >= 0.6 is 15.9 Å².